The average molecular weight is 375 g/mol. The van der Waals surface area contributed by atoms with Crippen molar-refractivity contribution < 1.29 is 0 Å². The second-order valence-electron chi connectivity index (χ2n) is 7.04. The van der Waals surface area contributed by atoms with E-state index in [-0.39, 0.29) is 7.43 Å². The molecule has 0 saturated carbocycles. The van der Waals surface area contributed by atoms with Crippen LogP contribution in [0.2, 0.25) is 0 Å². The summed E-state index contributed by atoms with van der Waals surface area (Å²) in [5.74, 6) is 0. The molecule has 0 aliphatic carbocycles. The summed E-state index contributed by atoms with van der Waals surface area (Å²) < 4.78 is 0. The summed E-state index contributed by atoms with van der Waals surface area (Å²) in [5.41, 5.74) is 8.50. The highest BCUT2D eigenvalue weighted by atomic mass is 14.0. The SMILES string of the molecule is C.CCc1ccc(Cc2ccc(CC)cc2)cc1.CCc1cccc(CC)c1. The van der Waals surface area contributed by atoms with Crippen molar-refractivity contribution in [3.05, 3.63) is 106 Å². The molecule has 0 atom stereocenters. The molecule has 0 radical (unpaired) electrons. The lowest BCUT2D eigenvalue weighted by molar-refractivity contribution is 1.09. The summed E-state index contributed by atoms with van der Waals surface area (Å²) in [5, 5.41) is 0. The van der Waals surface area contributed by atoms with Gasteiger partial charge in [-0.15, -0.1) is 0 Å². The Hall–Kier alpha value is -2.34. The van der Waals surface area contributed by atoms with Gasteiger partial charge in [0.25, 0.3) is 0 Å². The fourth-order valence-corrected chi connectivity index (χ4v) is 3.09. The third kappa shape index (κ3) is 7.72. The minimum atomic E-state index is 0. The molecule has 0 unspecified atom stereocenters. The maximum atomic E-state index is 2.28. The first kappa shape index (κ1) is 23.7. The summed E-state index contributed by atoms with van der Waals surface area (Å²) in [6, 6.07) is 26.7. The van der Waals surface area contributed by atoms with Gasteiger partial charge in [0.1, 0.15) is 0 Å². The highest BCUT2D eigenvalue weighted by Gasteiger charge is 1.97. The Morgan fingerprint density at radius 1 is 0.429 bits per heavy atom. The summed E-state index contributed by atoms with van der Waals surface area (Å²) in [7, 11) is 0. The molecule has 0 fully saturated rings. The molecule has 150 valence electrons. The van der Waals surface area contributed by atoms with Crippen molar-refractivity contribution in [2.45, 2.75) is 67.2 Å². The smallest absolute Gasteiger partial charge is 0.00258 e. The molecule has 0 amide bonds. The summed E-state index contributed by atoms with van der Waals surface area (Å²) >= 11 is 0. The molecule has 0 saturated heterocycles. The van der Waals surface area contributed by atoms with Crippen LogP contribution in [-0.4, -0.2) is 0 Å². The highest BCUT2D eigenvalue weighted by molar-refractivity contribution is 5.30. The first-order valence-corrected chi connectivity index (χ1v) is 10.4. The van der Waals surface area contributed by atoms with E-state index in [1.165, 1.54) is 33.4 Å². The lowest BCUT2D eigenvalue weighted by atomic mass is 10.0. The quantitative estimate of drug-likeness (QED) is 0.412. The molecule has 0 aliphatic rings. The van der Waals surface area contributed by atoms with Crippen molar-refractivity contribution in [3.63, 3.8) is 0 Å². The van der Waals surface area contributed by atoms with Crippen LogP contribution in [0.5, 0.6) is 0 Å². The van der Waals surface area contributed by atoms with Gasteiger partial charge in [-0.2, -0.15) is 0 Å². The zero-order valence-corrected chi connectivity index (χ0v) is 17.5. The summed E-state index contributed by atoms with van der Waals surface area (Å²) in [6.45, 7) is 8.76. The van der Waals surface area contributed by atoms with Crippen molar-refractivity contribution in [1.29, 1.82) is 0 Å². The van der Waals surface area contributed by atoms with Crippen LogP contribution in [0, 0.1) is 0 Å². The number of hydrogen-bond acceptors (Lipinski definition) is 0. The Kier molecular flexibility index (Phi) is 11.0. The molecule has 0 heterocycles. The number of benzene rings is 3. The molecule has 0 spiro atoms. The predicted octanol–water partition coefficient (Wildman–Crippen LogP) is 7.85. The van der Waals surface area contributed by atoms with E-state index >= 15 is 0 Å². The normalized spacial score (nSPS) is 9.86. The molecule has 3 aromatic rings. The average Bonchev–Trinajstić information content (AvgIpc) is 2.75. The molecule has 28 heavy (non-hydrogen) atoms. The van der Waals surface area contributed by atoms with Crippen LogP contribution in [0.1, 0.15) is 68.5 Å². The summed E-state index contributed by atoms with van der Waals surface area (Å²) in [6.07, 6.45) is 5.56. The van der Waals surface area contributed by atoms with Gasteiger partial charge in [0.2, 0.25) is 0 Å². The van der Waals surface area contributed by atoms with Gasteiger partial charge >= 0.3 is 0 Å². The maximum absolute atomic E-state index is 2.28. The third-order valence-electron chi connectivity index (χ3n) is 5.08. The van der Waals surface area contributed by atoms with E-state index in [4.69, 9.17) is 0 Å². The molecule has 0 N–H and O–H groups in total. The third-order valence-corrected chi connectivity index (χ3v) is 5.08. The maximum Gasteiger partial charge on any atom is -0.00258 e. The predicted molar refractivity (Wildman–Crippen MR) is 126 cm³/mol. The molecule has 0 aromatic heterocycles. The minimum Gasteiger partial charge on any atom is -0.0776 e. The molecule has 0 heteroatoms. The Bertz CT molecular complexity index is 714. The van der Waals surface area contributed by atoms with Gasteiger partial charge in [-0.1, -0.05) is 108 Å². The van der Waals surface area contributed by atoms with E-state index in [0.717, 1.165) is 32.1 Å². The lowest BCUT2D eigenvalue weighted by Crippen LogP contribution is -1.90. The molecular weight excluding hydrogens is 336 g/mol. The van der Waals surface area contributed by atoms with E-state index in [0.29, 0.717) is 0 Å². The van der Waals surface area contributed by atoms with E-state index in [1.807, 2.05) is 0 Å². The van der Waals surface area contributed by atoms with Gasteiger partial charge in [-0.25, -0.2) is 0 Å². The number of hydrogen-bond donors (Lipinski definition) is 0. The Balaban J connectivity index is 0.000000307. The Morgan fingerprint density at radius 2 is 0.750 bits per heavy atom. The van der Waals surface area contributed by atoms with Crippen LogP contribution >= 0.6 is 0 Å². The van der Waals surface area contributed by atoms with Crippen molar-refractivity contribution in [2.24, 2.45) is 0 Å². The standard InChI is InChI=1S/C17H20.C10H14.CH4/c1-3-14-5-9-16(10-6-14)13-17-11-7-15(4-2)8-12-17;1-3-9-6-5-7-10(4-2)8-9;/h5-12H,3-4,13H2,1-2H3;5-8H,3-4H2,1-2H3;1H4. The molecule has 3 aromatic carbocycles. The van der Waals surface area contributed by atoms with Crippen molar-refractivity contribution >= 4 is 0 Å². The largest absolute Gasteiger partial charge is 0.0776 e. The highest BCUT2D eigenvalue weighted by Crippen LogP contribution is 2.12. The van der Waals surface area contributed by atoms with Crippen molar-refractivity contribution in [2.75, 3.05) is 0 Å². The zero-order valence-electron chi connectivity index (χ0n) is 17.5. The molecular formula is C28H38. The minimum absolute atomic E-state index is 0. The molecule has 0 nitrogen and oxygen atoms in total. The molecule has 0 aliphatic heterocycles. The van der Waals surface area contributed by atoms with Crippen LogP contribution in [0.15, 0.2) is 72.8 Å². The first-order valence-electron chi connectivity index (χ1n) is 10.4. The van der Waals surface area contributed by atoms with Crippen LogP contribution in [0.4, 0.5) is 0 Å². The fraction of sp³-hybridized carbons (Fsp3) is 0.357. The van der Waals surface area contributed by atoms with E-state index in [2.05, 4.69) is 100 Å². The van der Waals surface area contributed by atoms with Crippen molar-refractivity contribution in [3.8, 4) is 0 Å². The van der Waals surface area contributed by atoms with Gasteiger partial charge in [-0.05, 0) is 65.5 Å². The summed E-state index contributed by atoms with van der Waals surface area (Å²) in [4.78, 5) is 0. The van der Waals surface area contributed by atoms with Crippen LogP contribution in [-0.2, 0) is 32.1 Å². The lowest BCUT2D eigenvalue weighted by Gasteiger charge is -2.04. The Morgan fingerprint density at radius 3 is 1.07 bits per heavy atom. The van der Waals surface area contributed by atoms with E-state index in [1.54, 1.807) is 0 Å². The fourth-order valence-electron chi connectivity index (χ4n) is 3.09. The first-order chi connectivity index (χ1) is 13.2. The second kappa shape index (κ2) is 12.9. The van der Waals surface area contributed by atoms with Gasteiger partial charge in [0.05, 0.1) is 0 Å². The second-order valence-corrected chi connectivity index (χ2v) is 7.04. The van der Waals surface area contributed by atoms with Gasteiger partial charge in [0.15, 0.2) is 0 Å². The number of aryl methyl sites for hydroxylation is 4. The van der Waals surface area contributed by atoms with Gasteiger partial charge in [0, 0.05) is 0 Å². The van der Waals surface area contributed by atoms with Gasteiger partial charge in [-0.3, -0.25) is 0 Å². The Labute approximate surface area is 173 Å². The van der Waals surface area contributed by atoms with Crippen LogP contribution in [0.3, 0.4) is 0 Å². The topological polar surface area (TPSA) is 0 Å². The van der Waals surface area contributed by atoms with Crippen LogP contribution in [0.25, 0.3) is 0 Å². The number of rotatable bonds is 6. The van der Waals surface area contributed by atoms with Gasteiger partial charge < -0.3 is 0 Å². The van der Waals surface area contributed by atoms with Crippen molar-refractivity contribution in [1.82, 2.24) is 0 Å². The monoisotopic (exact) mass is 374 g/mol. The molecule has 3 rings (SSSR count). The molecule has 0 bridgehead atoms. The van der Waals surface area contributed by atoms with Crippen LogP contribution < -0.4 is 0 Å². The van der Waals surface area contributed by atoms with E-state index < -0.39 is 0 Å². The van der Waals surface area contributed by atoms with E-state index in [9.17, 15) is 0 Å². The zero-order chi connectivity index (χ0) is 19.5.